The van der Waals surface area contributed by atoms with Crippen molar-refractivity contribution in [2.45, 2.75) is 0 Å². The van der Waals surface area contributed by atoms with Gasteiger partial charge < -0.3 is 31.7 Å². The van der Waals surface area contributed by atoms with Gasteiger partial charge in [0, 0.05) is 0 Å². The first-order valence-electron chi connectivity index (χ1n) is 0.748. The minimum Gasteiger partial charge on any atom is -1.00 e. The standard InChI is InChI=1S/ClH.Li.H3O4P.S/c;;1-5(2,3)4;/h1H;;(H3,1,2,3,4);/q;+1;;+2/p-3. The molecule has 8 heteroatoms. The fraction of sp³-hybridized carbons (Fsp3) is 0. The molecular weight excluding hydrogens is 169 g/mol. The second kappa shape index (κ2) is 8.35. The maximum absolute atomic E-state index is 8.66. The quantitative estimate of drug-likeness (QED) is 0.289. The topological polar surface area (TPSA) is 83.4 Å². The zero-order valence-electron chi connectivity index (χ0n) is 3.91. The van der Waals surface area contributed by atoms with E-state index >= 15 is 0 Å². The van der Waals surface area contributed by atoms with Gasteiger partial charge >= 0.3 is 32.4 Å². The fourth-order valence-electron chi connectivity index (χ4n) is 0. The molecule has 0 heterocycles. The van der Waals surface area contributed by atoms with Crippen molar-refractivity contribution in [2.75, 3.05) is 0 Å². The summed E-state index contributed by atoms with van der Waals surface area (Å²) < 4.78 is 8.66. The summed E-state index contributed by atoms with van der Waals surface area (Å²) >= 11 is 0. The molecule has 0 fully saturated rings. The van der Waals surface area contributed by atoms with Crippen molar-refractivity contribution in [3.63, 3.8) is 0 Å². The molecule has 44 valence electrons. The van der Waals surface area contributed by atoms with Crippen LogP contribution >= 0.6 is 7.82 Å². The van der Waals surface area contributed by atoms with Gasteiger partial charge in [-0.3, -0.25) is 0 Å². The van der Waals surface area contributed by atoms with Crippen LogP contribution in [0.1, 0.15) is 0 Å². The molecular formula is HClLiO4PS. The van der Waals surface area contributed by atoms with Crippen molar-refractivity contribution in [3.8, 4) is 0 Å². The van der Waals surface area contributed by atoms with Crippen molar-refractivity contribution < 1.29 is 50.5 Å². The Morgan fingerprint density at radius 2 is 1.38 bits per heavy atom. The molecule has 0 aromatic rings. The van der Waals surface area contributed by atoms with E-state index in [1.807, 2.05) is 0 Å². The smallest absolute Gasteiger partial charge is 1.00 e. The Balaban J connectivity index is -0.0000000267. The molecule has 0 aliphatic rings. The predicted octanol–water partition coefficient (Wildman–Crippen LogP) is -8.19. The van der Waals surface area contributed by atoms with Gasteiger partial charge in [-0.15, -0.1) is 0 Å². The number of hydrogen-bond donors (Lipinski definition) is 1. The molecule has 0 unspecified atom stereocenters. The van der Waals surface area contributed by atoms with Crippen LogP contribution in [-0.2, 0) is 18.1 Å². The van der Waals surface area contributed by atoms with E-state index in [1.54, 1.807) is 0 Å². The van der Waals surface area contributed by atoms with Gasteiger partial charge in [0.25, 0.3) is 0 Å². The average Bonchev–Trinajstić information content (AvgIpc) is 0.722. The van der Waals surface area contributed by atoms with E-state index in [9.17, 15) is 0 Å². The molecule has 0 saturated carbocycles. The normalized spacial score (nSPS) is 7.38. The SMILES string of the molecule is O=P([O-])([O-])O.[Cl-].[Li+].[S+2]. The summed E-state index contributed by atoms with van der Waals surface area (Å²) in [5.74, 6) is 0. The second-order valence-corrected chi connectivity index (χ2v) is 1.41. The Bertz CT molecular complexity index is 62.2. The molecule has 0 rings (SSSR count). The first kappa shape index (κ1) is 22.8. The zero-order chi connectivity index (χ0) is 4.50. The molecule has 0 bridgehead atoms. The molecule has 0 aromatic carbocycles. The Labute approximate surface area is 72.0 Å². The van der Waals surface area contributed by atoms with E-state index in [2.05, 4.69) is 0 Å². The van der Waals surface area contributed by atoms with Gasteiger partial charge in [0.2, 0.25) is 0 Å². The van der Waals surface area contributed by atoms with Crippen LogP contribution in [0.25, 0.3) is 0 Å². The van der Waals surface area contributed by atoms with E-state index in [0.717, 1.165) is 0 Å². The minimum atomic E-state index is -5.14. The third kappa shape index (κ3) is 163. The van der Waals surface area contributed by atoms with E-state index in [-0.39, 0.29) is 44.8 Å². The largest absolute Gasteiger partial charge is 2.00 e. The van der Waals surface area contributed by atoms with Crippen molar-refractivity contribution in [1.82, 2.24) is 0 Å². The van der Waals surface area contributed by atoms with Gasteiger partial charge in [-0.25, -0.2) is 0 Å². The number of rotatable bonds is 0. The van der Waals surface area contributed by atoms with Gasteiger partial charge in [0.1, 0.15) is 0 Å². The molecule has 0 aliphatic heterocycles. The first-order chi connectivity index (χ1) is 2.00. The molecule has 0 amide bonds. The van der Waals surface area contributed by atoms with Crippen molar-refractivity contribution in [2.24, 2.45) is 0 Å². The average molecular weight is 170 g/mol. The summed E-state index contributed by atoms with van der Waals surface area (Å²) in [4.78, 5) is 24.3. The third-order valence-corrected chi connectivity index (χ3v) is 0. The monoisotopic (exact) mass is 170 g/mol. The molecule has 0 atom stereocenters. The van der Waals surface area contributed by atoms with Gasteiger partial charge in [0.05, 0.1) is 7.82 Å². The van der Waals surface area contributed by atoms with Crippen LogP contribution in [-0.4, -0.2) is 4.89 Å². The maximum Gasteiger partial charge on any atom is 2.00 e. The summed E-state index contributed by atoms with van der Waals surface area (Å²) in [5.41, 5.74) is 0. The molecule has 0 aromatic heterocycles. The second-order valence-electron chi connectivity index (χ2n) is 0.469. The summed E-state index contributed by atoms with van der Waals surface area (Å²) in [6, 6.07) is 0. The summed E-state index contributed by atoms with van der Waals surface area (Å²) in [5, 5.41) is 0. The van der Waals surface area contributed by atoms with Crippen LogP contribution in [0.3, 0.4) is 0 Å². The van der Waals surface area contributed by atoms with Crippen molar-refractivity contribution in [3.05, 3.63) is 0 Å². The van der Waals surface area contributed by atoms with Crippen LogP contribution in [0.15, 0.2) is 0 Å². The Morgan fingerprint density at radius 1 is 1.38 bits per heavy atom. The molecule has 4 nitrogen and oxygen atoms in total. The number of phosphoric acid groups is 1. The fourth-order valence-corrected chi connectivity index (χ4v) is 0. The summed E-state index contributed by atoms with van der Waals surface area (Å²) in [6.45, 7) is 0. The zero-order valence-corrected chi connectivity index (χ0v) is 6.37. The molecule has 1 N–H and O–H groups in total. The number of hydrogen-bond acceptors (Lipinski definition) is 3. The minimum absolute atomic E-state index is 0. The Kier molecular flexibility index (Phi) is 23.8. The van der Waals surface area contributed by atoms with Gasteiger partial charge in [0.15, 0.2) is 0 Å². The van der Waals surface area contributed by atoms with Crippen LogP contribution in [0, 0.1) is 0 Å². The van der Waals surface area contributed by atoms with Crippen LogP contribution in [0.4, 0.5) is 0 Å². The van der Waals surface area contributed by atoms with Crippen LogP contribution in [0.5, 0.6) is 0 Å². The molecule has 0 saturated heterocycles. The summed E-state index contributed by atoms with van der Waals surface area (Å²) in [7, 11) is -5.14. The van der Waals surface area contributed by atoms with Crippen LogP contribution < -0.4 is 41.1 Å². The van der Waals surface area contributed by atoms with E-state index in [1.165, 1.54) is 0 Å². The van der Waals surface area contributed by atoms with Crippen molar-refractivity contribution in [1.29, 1.82) is 0 Å². The molecule has 8 heavy (non-hydrogen) atoms. The Morgan fingerprint density at radius 3 is 1.38 bits per heavy atom. The van der Waals surface area contributed by atoms with Crippen LogP contribution in [0.2, 0.25) is 0 Å². The maximum atomic E-state index is 8.66. The summed E-state index contributed by atoms with van der Waals surface area (Å²) in [6.07, 6.45) is 0. The molecule has 0 aliphatic carbocycles. The number of halogens is 1. The third-order valence-electron chi connectivity index (χ3n) is 0. The van der Waals surface area contributed by atoms with E-state index < -0.39 is 7.82 Å². The van der Waals surface area contributed by atoms with Gasteiger partial charge in [-0.05, 0) is 0 Å². The van der Waals surface area contributed by atoms with Gasteiger partial charge in [-0.2, -0.15) is 0 Å². The Hall–Kier alpha value is 1.35. The van der Waals surface area contributed by atoms with E-state index in [4.69, 9.17) is 19.2 Å². The van der Waals surface area contributed by atoms with Gasteiger partial charge in [-0.1, -0.05) is 0 Å². The van der Waals surface area contributed by atoms with Crippen molar-refractivity contribution >= 4 is 21.3 Å². The predicted molar refractivity (Wildman–Crippen MR) is 17.2 cm³/mol. The first-order valence-corrected chi connectivity index (χ1v) is 2.24. The van der Waals surface area contributed by atoms with E-state index in [0.29, 0.717) is 0 Å². The molecule has 4 radical (unpaired) electrons. The molecule has 0 spiro atoms.